The van der Waals surface area contributed by atoms with Crippen molar-refractivity contribution in [1.29, 1.82) is 5.26 Å². The lowest BCUT2D eigenvalue weighted by Gasteiger charge is -2.15. The van der Waals surface area contributed by atoms with E-state index < -0.39 is 0 Å². The van der Waals surface area contributed by atoms with Crippen molar-refractivity contribution in [3.05, 3.63) is 24.3 Å². The molecule has 1 unspecified atom stereocenters. The van der Waals surface area contributed by atoms with Crippen LogP contribution in [0.1, 0.15) is 26.7 Å². The number of rotatable bonds is 5. The van der Waals surface area contributed by atoms with Gasteiger partial charge in [0.25, 0.3) is 0 Å². The summed E-state index contributed by atoms with van der Waals surface area (Å²) in [5.74, 6) is -0.0818. The van der Waals surface area contributed by atoms with E-state index in [0.717, 1.165) is 17.8 Å². The molecule has 0 aliphatic rings. The summed E-state index contributed by atoms with van der Waals surface area (Å²) in [7, 11) is 0. The average molecular weight is 231 g/mol. The van der Waals surface area contributed by atoms with Gasteiger partial charge in [-0.15, -0.1) is 0 Å². The molecule has 1 aromatic carbocycles. The van der Waals surface area contributed by atoms with E-state index in [1.54, 1.807) is 0 Å². The molecule has 17 heavy (non-hydrogen) atoms. The first-order valence-electron chi connectivity index (χ1n) is 5.66. The molecule has 0 spiro atoms. The Bertz CT molecular complexity index is 406. The normalized spacial score (nSPS) is 11.4. The van der Waals surface area contributed by atoms with Gasteiger partial charge in [-0.2, -0.15) is 5.26 Å². The number of carbonyl (C=O) groups is 1. The van der Waals surface area contributed by atoms with Gasteiger partial charge in [0.05, 0.1) is 12.5 Å². The summed E-state index contributed by atoms with van der Waals surface area (Å²) >= 11 is 0. The molecule has 2 N–H and O–H groups in total. The van der Waals surface area contributed by atoms with Crippen LogP contribution in [0.3, 0.4) is 0 Å². The molecule has 0 aliphatic heterocycles. The number of amides is 1. The van der Waals surface area contributed by atoms with Crippen LogP contribution in [0, 0.1) is 11.3 Å². The Kier molecular flexibility index (Phi) is 5.02. The van der Waals surface area contributed by atoms with Crippen LogP contribution < -0.4 is 10.6 Å². The van der Waals surface area contributed by atoms with Gasteiger partial charge in [-0.25, -0.2) is 0 Å². The summed E-state index contributed by atoms with van der Waals surface area (Å²) in [6, 6.07) is 9.79. The lowest BCUT2D eigenvalue weighted by atomic mass is 10.1. The topological polar surface area (TPSA) is 64.9 Å². The first-order chi connectivity index (χ1) is 8.15. The molecule has 4 heteroatoms. The summed E-state index contributed by atoms with van der Waals surface area (Å²) in [5.41, 5.74) is 1.73. The number of nitrogens with one attached hydrogen (secondary N) is 2. The number of hydrogen-bond donors (Lipinski definition) is 2. The Morgan fingerprint density at radius 1 is 1.35 bits per heavy atom. The number of hydrogen-bond acceptors (Lipinski definition) is 3. The fourth-order valence-electron chi connectivity index (χ4n) is 1.50. The van der Waals surface area contributed by atoms with E-state index in [0.29, 0.717) is 6.42 Å². The van der Waals surface area contributed by atoms with E-state index >= 15 is 0 Å². The van der Waals surface area contributed by atoms with Crippen LogP contribution in [0.2, 0.25) is 0 Å². The molecular formula is C13H17N3O. The minimum atomic E-state index is -0.0818. The molecule has 0 radical (unpaired) electrons. The lowest BCUT2D eigenvalue weighted by Crippen LogP contribution is -2.17. The second kappa shape index (κ2) is 6.54. The highest BCUT2D eigenvalue weighted by Gasteiger charge is 2.05. The maximum Gasteiger partial charge on any atom is 0.221 e. The van der Waals surface area contributed by atoms with Crippen LogP contribution in [0.25, 0.3) is 0 Å². The molecule has 4 nitrogen and oxygen atoms in total. The van der Waals surface area contributed by atoms with E-state index in [4.69, 9.17) is 5.26 Å². The lowest BCUT2D eigenvalue weighted by molar-refractivity contribution is -0.114. The number of carbonyl (C=O) groups excluding carboxylic acids is 1. The van der Waals surface area contributed by atoms with Gasteiger partial charge >= 0.3 is 0 Å². The number of benzene rings is 1. The van der Waals surface area contributed by atoms with Gasteiger partial charge in [0.15, 0.2) is 0 Å². The predicted molar refractivity (Wildman–Crippen MR) is 68.7 cm³/mol. The number of nitrogens with zero attached hydrogens (tertiary/aromatic N) is 1. The van der Waals surface area contributed by atoms with Crippen LogP contribution in [0.5, 0.6) is 0 Å². The second-order valence-corrected chi connectivity index (χ2v) is 3.87. The van der Waals surface area contributed by atoms with Gasteiger partial charge in [-0.05, 0) is 30.7 Å². The molecule has 1 atom stereocenters. The Morgan fingerprint density at radius 2 is 1.94 bits per heavy atom. The molecule has 0 fully saturated rings. The van der Waals surface area contributed by atoms with Gasteiger partial charge < -0.3 is 10.6 Å². The van der Waals surface area contributed by atoms with Crippen molar-refractivity contribution >= 4 is 17.3 Å². The zero-order valence-electron chi connectivity index (χ0n) is 10.2. The zero-order chi connectivity index (χ0) is 12.7. The molecule has 0 bridgehead atoms. The van der Waals surface area contributed by atoms with Crippen molar-refractivity contribution < 1.29 is 4.79 Å². The van der Waals surface area contributed by atoms with Crippen molar-refractivity contribution in [2.45, 2.75) is 32.7 Å². The minimum absolute atomic E-state index is 0.0818. The summed E-state index contributed by atoms with van der Waals surface area (Å²) in [4.78, 5) is 10.8. The molecule has 0 saturated heterocycles. The van der Waals surface area contributed by atoms with E-state index in [1.807, 2.05) is 31.2 Å². The second-order valence-electron chi connectivity index (χ2n) is 3.87. The van der Waals surface area contributed by atoms with Gasteiger partial charge in [0.2, 0.25) is 5.91 Å². The maximum atomic E-state index is 10.8. The van der Waals surface area contributed by atoms with Gasteiger partial charge in [-0.3, -0.25) is 4.79 Å². The predicted octanol–water partition coefficient (Wildman–Crippen LogP) is 2.75. The van der Waals surface area contributed by atoms with Crippen LogP contribution in [-0.4, -0.2) is 11.9 Å². The van der Waals surface area contributed by atoms with Gasteiger partial charge in [0.1, 0.15) is 0 Å². The summed E-state index contributed by atoms with van der Waals surface area (Å²) in [6.07, 6.45) is 1.39. The first kappa shape index (κ1) is 13.0. The van der Waals surface area contributed by atoms with E-state index in [1.165, 1.54) is 6.92 Å². The van der Waals surface area contributed by atoms with Gasteiger partial charge in [-0.1, -0.05) is 6.92 Å². The van der Waals surface area contributed by atoms with E-state index in [-0.39, 0.29) is 11.9 Å². The van der Waals surface area contributed by atoms with Crippen LogP contribution in [0.4, 0.5) is 11.4 Å². The highest BCUT2D eigenvalue weighted by atomic mass is 16.1. The van der Waals surface area contributed by atoms with Crippen molar-refractivity contribution in [1.82, 2.24) is 0 Å². The molecule has 0 aromatic heterocycles. The highest BCUT2D eigenvalue weighted by Crippen LogP contribution is 2.15. The number of nitriles is 1. The minimum Gasteiger partial charge on any atom is -0.381 e. The van der Waals surface area contributed by atoms with Crippen molar-refractivity contribution in [3.63, 3.8) is 0 Å². The van der Waals surface area contributed by atoms with Gasteiger partial charge in [0, 0.05) is 24.3 Å². The largest absolute Gasteiger partial charge is 0.381 e. The fraction of sp³-hybridized carbons (Fsp3) is 0.385. The Balaban J connectivity index is 2.61. The third-order valence-electron chi connectivity index (χ3n) is 2.41. The summed E-state index contributed by atoms with van der Waals surface area (Å²) < 4.78 is 0. The van der Waals surface area contributed by atoms with Crippen LogP contribution in [-0.2, 0) is 4.79 Å². The molecule has 0 saturated carbocycles. The fourth-order valence-corrected chi connectivity index (χ4v) is 1.50. The maximum absolute atomic E-state index is 10.8. The summed E-state index contributed by atoms with van der Waals surface area (Å²) in [6.45, 7) is 3.52. The first-order valence-corrected chi connectivity index (χ1v) is 5.66. The van der Waals surface area contributed by atoms with Crippen LogP contribution in [0.15, 0.2) is 24.3 Å². The Hall–Kier alpha value is -2.02. The van der Waals surface area contributed by atoms with Crippen LogP contribution >= 0.6 is 0 Å². The molecular weight excluding hydrogens is 214 g/mol. The number of anilines is 2. The van der Waals surface area contributed by atoms with Crippen molar-refractivity contribution in [2.75, 3.05) is 10.6 Å². The third-order valence-corrected chi connectivity index (χ3v) is 2.41. The molecule has 1 amide bonds. The van der Waals surface area contributed by atoms with E-state index in [2.05, 4.69) is 16.7 Å². The monoisotopic (exact) mass is 231 g/mol. The molecule has 0 aliphatic carbocycles. The quantitative estimate of drug-likeness (QED) is 0.818. The standard InChI is InChI=1S/C13H17N3O/c1-3-11(8-9-14)16-13-6-4-12(5-7-13)15-10(2)17/h4-7,11,16H,3,8H2,1-2H3,(H,15,17). The average Bonchev–Trinajstić information content (AvgIpc) is 2.30. The van der Waals surface area contributed by atoms with Crippen molar-refractivity contribution in [2.24, 2.45) is 0 Å². The molecule has 90 valence electrons. The summed E-state index contributed by atoms with van der Waals surface area (Å²) in [5, 5.41) is 14.6. The molecule has 1 aromatic rings. The Labute approximate surface area is 102 Å². The molecule has 0 heterocycles. The molecule has 1 rings (SSSR count). The smallest absolute Gasteiger partial charge is 0.221 e. The van der Waals surface area contributed by atoms with Crippen molar-refractivity contribution in [3.8, 4) is 6.07 Å². The third kappa shape index (κ3) is 4.56. The Morgan fingerprint density at radius 3 is 2.41 bits per heavy atom. The van der Waals surface area contributed by atoms with E-state index in [9.17, 15) is 4.79 Å². The SMILES string of the molecule is CCC(CC#N)Nc1ccc(NC(C)=O)cc1. The zero-order valence-corrected chi connectivity index (χ0v) is 10.2. The highest BCUT2D eigenvalue weighted by molar-refractivity contribution is 5.88.